The Kier molecular flexibility index (Phi) is 1.83. The predicted octanol–water partition coefficient (Wildman–Crippen LogP) is 1.12. The number of nitrogens with zero attached hydrogens (tertiary/aromatic N) is 2. The Bertz CT molecular complexity index is 340. The quantitative estimate of drug-likeness (QED) is 0.645. The number of aromatic nitrogens is 2. The molecule has 4 heteroatoms. The Hall–Kier alpha value is -1.29. The minimum Gasteiger partial charge on any atom is -0.293 e. The molecule has 1 aromatic heterocycles. The number of rotatable bonds is 1. The zero-order valence-electron chi connectivity index (χ0n) is 6.10. The number of carbonyl (C=O) groups is 1. The Morgan fingerprint density at radius 3 is 3.17 bits per heavy atom. The number of carbonyl (C=O) groups excluding carboxylic acids is 1. The molecule has 59 valence electrons. The Balaban J connectivity index is 2.31. The van der Waals surface area contributed by atoms with E-state index in [9.17, 15) is 4.79 Å². The summed E-state index contributed by atoms with van der Waals surface area (Å²) in [5, 5.41) is 5.61. The number of Topliss-reactive ketones (excluding diaryl/α,β-unsaturated/α-hetero) is 1. The normalized spacial score (nSPS) is 21.7. The molecule has 1 aromatic rings. The summed E-state index contributed by atoms with van der Waals surface area (Å²) in [6.07, 6.45) is 7.81. The van der Waals surface area contributed by atoms with E-state index in [1.165, 1.54) is 11.5 Å². The van der Waals surface area contributed by atoms with Crippen LogP contribution in [0.4, 0.5) is 0 Å². The Labute approximate surface area is 73.6 Å². The molecule has 1 atom stereocenters. The van der Waals surface area contributed by atoms with Crippen molar-refractivity contribution in [2.24, 2.45) is 0 Å². The van der Waals surface area contributed by atoms with E-state index in [1.807, 2.05) is 0 Å². The van der Waals surface area contributed by atoms with Gasteiger partial charge in [-0.15, -0.1) is 5.10 Å². The second-order valence-corrected chi connectivity index (χ2v) is 2.98. The standard InChI is InChI=1S/C8H5N2OS/c11-8-4-2-1-3-6(8)7-5-12-10-9-7/h1-3,5-6H. The monoisotopic (exact) mass is 177 g/mol. The van der Waals surface area contributed by atoms with E-state index in [1.54, 1.807) is 23.6 Å². The molecule has 1 heterocycles. The van der Waals surface area contributed by atoms with Crippen LogP contribution in [-0.4, -0.2) is 15.4 Å². The van der Waals surface area contributed by atoms with Gasteiger partial charge in [-0.05, 0) is 11.5 Å². The molecular formula is C8H5N2OS. The van der Waals surface area contributed by atoms with Crippen molar-refractivity contribution in [1.29, 1.82) is 0 Å². The SMILES string of the molecule is O=C1[C]=CC=CC1c1csnn1. The summed E-state index contributed by atoms with van der Waals surface area (Å²) in [4.78, 5) is 11.2. The fourth-order valence-corrected chi connectivity index (χ4v) is 1.50. The van der Waals surface area contributed by atoms with E-state index >= 15 is 0 Å². The fourth-order valence-electron chi connectivity index (χ4n) is 1.01. The molecular weight excluding hydrogens is 172 g/mol. The summed E-state index contributed by atoms with van der Waals surface area (Å²) in [6.45, 7) is 0. The van der Waals surface area contributed by atoms with E-state index in [4.69, 9.17) is 0 Å². The van der Waals surface area contributed by atoms with Crippen molar-refractivity contribution >= 4 is 17.3 Å². The third-order valence-electron chi connectivity index (χ3n) is 1.60. The lowest BCUT2D eigenvalue weighted by molar-refractivity contribution is -0.115. The van der Waals surface area contributed by atoms with Gasteiger partial charge in [-0.1, -0.05) is 22.7 Å². The molecule has 1 unspecified atom stereocenters. The number of hydrogen-bond acceptors (Lipinski definition) is 4. The van der Waals surface area contributed by atoms with Gasteiger partial charge in [0.25, 0.3) is 0 Å². The van der Waals surface area contributed by atoms with Gasteiger partial charge in [-0.3, -0.25) is 4.79 Å². The van der Waals surface area contributed by atoms with Gasteiger partial charge in [-0.2, -0.15) is 0 Å². The van der Waals surface area contributed by atoms with Gasteiger partial charge in [0.2, 0.25) is 0 Å². The van der Waals surface area contributed by atoms with Crippen LogP contribution >= 0.6 is 11.5 Å². The highest BCUT2D eigenvalue weighted by Gasteiger charge is 2.19. The molecule has 2 rings (SSSR count). The van der Waals surface area contributed by atoms with Crippen molar-refractivity contribution < 1.29 is 4.79 Å². The number of ketones is 1. The van der Waals surface area contributed by atoms with Gasteiger partial charge in [0.15, 0.2) is 5.78 Å². The van der Waals surface area contributed by atoms with Crippen LogP contribution in [0.1, 0.15) is 11.6 Å². The molecule has 0 saturated heterocycles. The first-order valence-electron chi connectivity index (χ1n) is 3.45. The largest absolute Gasteiger partial charge is 0.293 e. The molecule has 0 aromatic carbocycles. The van der Waals surface area contributed by atoms with Crippen molar-refractivity contribution in [3.05, 3.63) is 35.4 Å². The second kappa shape index (κ2) is 2.98. The van der Waals surface area contributed by atoms with Crippen molar-refractivity contribution in [1.82, 2.24) is 9.59 Å². The molecule has 0 saturated carbocycles. The van der Waals surface area contributed by atoms with Gasteiger partial charge < -0.3 is 0 Å². The zero-order chi connectivity index (χ0) is 8.39. The summed E-state index contributed by atoms with van der Waals surface area (Å²) < 4.78 is 3.70. The molecule has 0 amide bonds. The minimum atomic E-state index is -0.270. The van der Waals surface area contributed by atoms with Gasteiger partial charge in [0.05, 0.1) is 11.6 Å². The van der Waals surface area contributed by atoms with E-state index in [-0.39, 0.29) is 11.7 Å². The molecule has 0 bridgehead atoms. The van der Waals surface area contributed by atoms with Crippen LogP contribution in [0.15, 0.2) is 23.6 Å². The fraction of sp³-hybridized carbons (Fsp3) is 0.125. The summed E-state index contributed by atoms with van der Waals surface area (Å²) in [5.41, 5.74) is 0.710. The lowest BCUT2D eigenvalue weighted by Crippen LogP contribution is -2.10. The maximum atomic E-state index is 11.2. The minimum absolute atomic E-state index is 0.0507. The van der Waals surface area contributed by atoms with E-state index in [2.05, 4.69) is 15.7 Å². The van der Waals surface area contributed by atoms with Gasteiger partial charge in [0, 0.05) is 11.5 Å². The van der Waals surface area contributed by atoms with Gasteiger partial charge in [-0.25, -0.2) is 0 Å². The van der Waals surface area contributed by atoms with E-state index < -0.39 is 0 Å². The molecule has 12 heavy (non-hydrogen) atoms. The zero-order valence-corrected chi connectivity index (χ0v) is 6.91. The molecule has 1 aliphatic carbocycles. The third-order valence-corrected chi connectivity index (χ3v) is 2.13. The number of hydrogen-bond donors (Lipinski definition) is 0. The summed E-state index contributed by atoms with van der Waals surface area (Å²) in [6, 6.07) is 0. The number of allylic oxidation sites excluding steroid dienone is 4. The molecule has 3 nitrogen and oxygen atoms in total. The first-order chi connectivity index (χ1) is 5.88. The van der Waals surface area contributed by atoms with Gasteiger partial charge >= 0.3 is 0 Å². The second-order valence-electron chi connectivity index (χ2n) is 2.37. The van der Waals surface area contributed by atoms with Crippen LogP contribution in [0, 0.1) is 6.08 Å². The molecule has 0 aliphatic heterocycles. The molecule has 0 fully saturated rings. The molecule has 0 N–H and O–H groups in total. The third kappa shape index (κ3) is 1.21. The first-order valence-corrected chi connectivity index (χ1v) is 4.29. The van der Waals surface area contributed by atoms with Crippen molar-refractivity contribution in [2.75, 3.05) is 0 Å². The van der Waals surface area contributed by atoms with Crippen LogP contribution in [0.5, 0.6) is 0 Å². The maximum absolute atomic E-state index is 11.2. The van der Waals surface area contributed by atoms with Crippen LogP contribution in [-0.2, 0) is 4.79 Å². The lowest BCUT2D eigenvalue weighted by atomic mass is 9.97. The Morgan fingerprint density at radius 2 is 2.50 bits per heavy atom. The van der Waals surface area contributed by atoms with Crippen molar-refractivity contribution in [3.8, 4) is 0 Å². The van der Waals surface area contributed by atoms with Crippen LogP contribution in [0.2, 0.25) is 0 Å². The van der Waals surface area contributed by atoms with Crippen molar-refractivity contribution in [2.45, 2.75) is 5.92 Å². The first kappa shape index (κ1) is 7.36. The van der Waals surface area contributed by atoms with Crippen LogP contribution in [0.3, 0.4) is 0 Å². The van der Waals surface area contributed by atoms with Crippen molar-refractivity contribution in [3.63, 3.8) is 0 Å². The summed E-state index contributed by atoms with van der Waals surface area (Å²) in [7, 11) is 0. The van der Waals surface area contributed by atoms with E-state index in [0.717, 1.165) is 0 Å². The molecule has 0 spiro atoms. The average Bonchev–Trinajstić information content (AvgIpc) is 2.57. The summed E-state index contributed by atoms with van der Waals surface area (Å²) in [5.74, 6) is -0.320. The predicted molar refractivity (Wildman–Crippen MR) is 44.6 cm³/mol. The highest BCUT2D eigenvalue weighted by molar-refractivity contribution is 7.03. The van der Waals surface area contributed by atoms with Gasteiger partial charge in [0.1, 0.15) is 0 Å². The lowest BCUT2D eigenvalue weighted by Gasteiger charge is -2.06. The van der Waals surface area contributed by atoms with Crippen LogP contribution in [0.25, 0.3) is 0 Å². The van der Waals surface area contributed by atoms with Crippen LogP contribution < -0.4 is 0 Å². The highest BCUT2D eigenvalue weighted by Crippen LogP contribution is 2.19. The molecule has 1 aliphatic rings. The summed E-state index contributed by atoms with van der Waals surface area (Å²) >= 11 is 1.25. The average molecular weight is 177 g/mol. The Morgan fingerprint density at radius 1 is 1.58 bits per heavy atom. The highest BCUT2D eigenvalue weighted by atomic mass is 32.1. The maximum Gasteiger partial charge on any atom is 0.176 e. The van der Waals surface area contributed by atoms with E-state index in [0.29, 0.717) is 5.69 Å². The topological polar surface area (TPSA) is 42.9 Å². The smallest absolute Gasteiger partial charge is 0.176 e. The molecule has 1 radical (unpaired) electrons.